The maximum absolute atomic E-state index is 12.3. The van der Waals surface area contributed by atoms with E-state index in [0.717, 1.165) is 12.1 Å². The van der Waals surface area contributed by atoms with E-state index in [9.17, 15) is 18.0 Å². The highest BCUT2D eigenvalue weighted by atomic mass is 19.4. The zero-order valence-electron chi connectivity index (χ0n) is 7.75. The fraction of sp³-hybridized carbons (Fsp3) is 0.300. The molecule has 0 aliphatic rings. The number of rotatable bonds is 4. The van der Waals surface area contributed by atoms with Crippen molar-refractivity contribution >= 4 is 6.47 Å². The Bertz CT molecular complexity index is 334. The highest BCUT2D eigenvalue weighted by Gasteiger charge is 2.30. The number of carbonyl (C=O) groups excluding carboxylic acids is 1. The molecule has 1 rings (SSSR count). The standard InChI is InChI=1S/C10H9F3O2/c11-10(12,13)9-3-1-2-8(6-9)4-5-15-7-14/h1-3,6-7H,4-5H2. The van der Waals surface area contributed by atoms with E-state index in [0.29, 0.717) is 5.56 Å². The second kappa shape index (κ2) is 4.82. The minimum Gasteiger partial charge on any atom is -0.468 e. The summed E-state index contributed by atoms with van der Waals surface area (Å²) < 4.78 is 41.2. The lowest BCUT2D eigenvalue weighted by Crippen LogP contribution is -2.06. The molecule has 1 aromatic rings. The van der Waals surface area contributed by atoms with E-state index < -0.39 is 11.7 Å². The smallest absolute Gasteiger partial charge is 0.416 e. The Morgan fingerprint density at radius 2 is 2.07 bits per heavy atom. The molecule has 0 aliphatic carbocycles. The SMILES string of the molecule is O=COCCc1cccc(C(F)(F)F)c1. The van der Waals surface area contributed by atoms with E-state index in [1.54, 1.807) is 6.07 Å². The van der Waals surface area contributed by atoms with Gasteiger partial charge >= 0.3 is 6.18 Å². The maximum Gasteiger partial charge on any atom is 0.416 e. The molecule has 0 saturated heterocycles. The third-order valence-corrected chi connectivity index (χ3v) is 1.83. The van der Waals surface area contributed by atoms with Crippen LogP contribution in [0.4, 0.5) is 13.2 Å². The van der Waals surface area contributed by atoms with Crippen molar-refractivity contribution in [3.05, 3.63) is 35.4 Å². The van der Waals surface area contributed by atoms with E-state index in [1.807, 2.05) is 0 Å². The number of ether oxygens (including phenoxy) is 1. The summed E-state index contributed by atoms with van der Waals surface area (Å²) >= 11 is 0. The number of halogens is 3. The molecule has 0 atom stereocenters. The summed E-state index contributed by atoms with van der Waals surface area (Å²) in [5, 5.41) is 0. The van der Waals surface area contributed by atoms with Gasteiger partial charge in [-0.2, -0.15) is 13.2 Å². The predicted molar refractivity (Wildman–Crippen MR) is 47.2 cm³/mol. The van der Waals surface area contributed by atoms with Gasteiger partial charge in [-0.15, -0.1) is 0 Å². The highest BCUT2D eigenvalue weighted by molar-refractivity contribution is 5.37. The number of alkyl halides is 3. The summed E-state index contributed by atoms with van der Waals surface area (Å²) in [6.07, 6.45) is -4.05. The van der Waals surface area contributed by atoms with Gasteiger partial charge < -0.3 is 4.74 Å². The Kier molecular flexibility index (Phi) is 3.71. The average molecular weight is 218 g/mol. The van der Waals surface area contributed by atoms with Gasteiger partial charge in [-0.1, -0.05) is 18.2 Å². The molecule has 0 saturated carbocycles. The molecular weight excluding hydrogens is 209 g/mol. The van der Waals surface area contributed by atoms with E-state index >= 15 is 0 Å². The van der Waals surface area contributed by atoms with Crippen LogP contribution in [0.15, 0.2) is 24.3 Å². The van der Waals surface area contributed by atoms with E-state index in [-0.39, 0.29) is 19.5 Å². The van der Waals surface area contributed by atoms with Crippen LogP contribution >= 0.6 is 0 Å². The molecule has 0 radical (unpaired) electrons. The van der Waals surface area contributed by atoms with Gasteiger partial charge in [-0.3, -0.25) is 4.79 Å². The zero-order chi connectivity index (χ0) is 11.3. The summed E-state index contributed by atoms with van der Waals surface area (Å²) in [4.78, 5) is 9.82. The van der Waals surface area contributed by atoms with Crippen molar-refractivity contribution < 1.29 is 22.7 Å². The quantitative estimate of drug-likeness (QED) is 0.573. The maximum atomic E-state index is 12.3. The minimum absolute atomic E-state index is 0.0881. The normalized spacial score (nSPS) is 11.1. The van der Waals surface area contributed by atoms with Gasteiger partial charge in [-0.05, 0) is 11.6 Å². The van der Waals surface area contributed by atoms with Crippen LogP contribution in [0.25, 0.3) is 0 Å². The Hall–Kier alpha value is -1.52. The summed E-state index contributed by atoms with van der Waals surface area (Å²) in [6, 6.07) is 4.95. The van der Waals surface area contributed by atoms with Crippen LogP contribution in [0, 0.1) is 0 Å². The number of carbonyl (C=O) groups is 1. The van der Waals surface area contributed by atoms with Crippen LogP contribution in [0.3, 0.4) is 0 Å². The molecule has 15 heavy (non-hydrogen) atoms. The minimum atomic E-state index is -4.33. The van der Waals surface area contributed by atoms with Crippen LogP contribution in [0.1, 0.15) is 11.1 Å². The van der Waals surface area contributed by atoms with Crippen LogP contribution in [0.5, 0.6) is 0 Å². The topological polar surface area (TPSA) is 26.3 Å². The zero-order valence-corrected chi connectivity index (χ0v) is 7.75. The van der Waals surface area contributed by atoms with Crippen LogP contribution in [0.2, 0.25) is 0 Å². The van der Waals surface area contributed by atoms with Crippen molar-refractivity contribution in [2.75, 3.05) is 6.61 Å². The van der Waals surface area contributed by atoms with Gasteiger partial charge in [0.15, 0.2) is 0 Å². The largest absolute Gasteiger partial charge is 0.468 e. The van der Waals surface area contributed by atoms with E-state index in [1.165, 1.54) is 6.07 Å². The van der Waals surface area contributed by atoms with Gasteiger partial charge in [0.2, 0.25) is 0 Å². The van der Waals surface area contributed by atoms with Gasteiger partial charge in [0.25, 0.3) is 6.47 Å². The molecule has 0 amide bonds. The molecule has 2 nitrogen and oxygen atoms in total. The first-order valence-corrected chi connectivity index (χ1v) is 4.25. The Morgan fingerprint density at radius 1 is 1.33 bits per heavy atom. The first-order valence-electron chi connectivity index (χ1n) is 4.25. The van der Waals surface area contributed by atoms with Gasteiger partial charge in [0.05, 0.1) is 12.2 Å². The molecule has 0 fully saturated rings. The second-order valence-corrected chi connectivity index (χ2v) is 2.92. The van der Waals surface area contributed by atoms with Crippen molar-refractivity contribution in [1.29, 1.82) is 0 Å². The van der Waals surface area contributed by atoms with Crippen molar-refractivity contribution in [3.8, 4) is 0 Å². The molecule has 0 N–H and O–H groups in total. The third kappa shape index (κ3) is 3.61. The summed E-state index contributed by atoms with van der Waals surface area (Å²) in [7, 11) is 0. The molecule has 0 aromatic heterocycles. The first-order chi connectivity index (χ1) is 7.04. The van der Waals surface area contributed by atoms with Gasteiger partial charge in [-0.25, -0.2) is 0 Å². The summed E-state index contributed by atoms with van der Waals surface area (Å²) in [5.41, 5.74) is -0.197. The average Bonchev–Trinajstić information content (AvgIpc) is 2.17. The fourth-order valence-corrected chi connectivity index (χ4v) is 1.13. The van der Waals surface area contributed by atoms with Gasteiger partial charge in [0, 0.05) is 6.42 Å². The number of benzene rings is 1. The Balaban J connectivity index is 2.70. The fourth-order valence-electron chi connectivity index (χ4n) is 1.13. The predicted octanol–water partition coefficient (Wildman–Crippen LogP) is 2.42. The lowest BCUT2D eigenvalue weighted by molar-refractivity contribution is -0.137. The molecule has 5 heteroatoms. The molecule has 82 valence electrons. The monoisotopic (exact) mass is 218 g/mol. The van der Waals surface area contributed by atoms with E-state index in [4.69, 9.17) is 0 Å². The van der Waals surface area contributed by atoms with Crippen molar-refractivity contribution in [2.24, 2.45) is 0 Å². The molecular formula is C10H9F3O2. The summed E-state index contributed by atoms with van der Waals surface area (Å²) in [6.45, 7) is 0.360. The molecule has 1 aromatic carbocycles. The lowest BCUT2D eigenvalue weighted by atomic mass is 10.1. The van der Waals surface area contributed by atoms with Crippen LogP contribution in [-0.4, -0.2) is 13.1 Å². The van der Waals surface area contributed by atoms with Gasteiger partial charge in [0.1, 0.15) is 0 Å². The lowest BCUT2D eigenvalue weighted by Gasteiger charge is -2.08. The van der Waals surface area contributed by atoms with Crippen LogP contribution in [-0.2, 0) is 22.1 Å². The summed E-state index contributed by atoms with van der Waals surface area (Å²) in [5.74, 6) is 0. The number of hydrogen-bond acceptors (Lipinski definition) is 2. The second-order valence-electron chi connectivity index (χ2n) is 2.92. The molecule has 0 spiro atoms. The number of hydrogen-bond donors (Lipinski definition) is 0. The first kappa shape index (κ1) is 11.6. The van der Waals surface area contributed by atoms with Crippen LogP contribution < -0.4 is 0 Å². The molecule has 0 bridgehead atoms. The Labute approximate surface area is 84.7 Å². The van der Waals surface area contributed by atoms with E-state index in [2.05, 4.69) is 4.74 Å². The third-order valence-electron chi connectivity index (χ3n) is 1.83. The van der Waals surface area contributed by atoms with Crippen molar-refractivity contribution in [3.63, 3.8) is 0 Å². The van der Waals surface area contributed by atoms with Crippen molar-refractivity contribution in [2.45, 2.75) is 12.6 Å². The molecule has 0 aliphatic heterocycles. The Morgan fingerprint density at radius 3 is 2.67 bits per heavy atom. The molecule has 0 heterocycles. The highest BCUT2D eigenvalue weighted by Crippen LogP contribution is 2.29. The molecule has 0 unspecified atom stereocenters. The van der Waals surface area contributed by atoms with Crippen molar-refractivity contribution in [1.82, 2.24) is 0 Å².